The number of carbonyl (C=O) groups is 1. The van der Waals surface area contributed by atoms with E-state index in [4.69, 9.17) is 4.42 Å². The van der Waals surface area contributed by atoms with Crippen molar-refractivity contribution in [1.82, 2.24) is 10.6 Å². The average molecular weight is 370 g/mol. The zero-order valence-corrected chi connectivity index (χ0v) is 16.4. The number of rotatable bonds is 9. The Morgan fingerprint density at radius 1 is 1.11 bits per heavy atom. The second-order valence-corrected chi connectivity index (χ2v) is 6.39. The van der Waals surface area contributed by atoms with Gasteiger partial charge >= 0.3 is 0 Å². The maximum absolute atomic E-state index is 12.1. The van der Waals surface area contributed by atoms with E-state index in [-0.39, 0.29) is 5.91 Å². The molecule has 1 aromatic carbocycles. The van der Waals surface area contributed by atoms with E-state index in [1.54, 1.807) is 12.1 Å². The molecule has 2 aromatic rings. The maximum atomic E-state index is 12.1. The molecule has 1 heterocycles. The van der Waals surface area contributed by atoms with E-state index < -0.39 is 0 Å². The quantitative estimate of drug-likeness (QED) is 0.460. The molecule has 27 heavy (non-hydrogen) atoms. The van der Waals surface area contributed by atoms with Crippen LogP contribution in [0.1, 0.15) is 49.7 Å². The van der Waals surface area contributed by atoms with E-state index in [1.165, 1.54) is 6.26 Å². The highest BCUT2D eigenvalue weighted by atomic mass is 16.3. The van der Waals surface area contributed by atoms with Gasteiger partial charge < -0.3 is 20.4 Å². The Kier molecular flexibility index (Phi) is 8.42. The summed E-state index contributed by atoms with van der Waals surface area (Å²) in [6.45, 7) is 8.73. The highest BCUT2D eigenvalue weighted by molar-refractivity contribution is 6.02. The minimum absolute atomic E-state index is 0.263. The summed E-state index contributed by atoms with van der Waals surface area (Å²) in [5, 5.41) is 9.53. The first-order chi connectivity index (χ1) is 13.2. The Labute approximate surface area is 161 Å². The highest BCUT2D eigenvalue weighted by Gasteiger charge is 2.09. The van der Waals surface area contributed by atoms with Crippen molar-refractivity contribution in [2.75, 3.05) is 18.4 Å². The van der Waals surface area contributed by atoms with Crippen LogP contribution in [0.15, 0.2) is 52.1 Å². The molecule has 0 spiro atoms. The van der Waals surface area contributed by atoms with Crippen molar-refractivity contribution < 1.29 is 9.21 Å². The molecular weight excluding hydrogens is 340 g/mol. The zero-order chi connectivity index (χ0) is 19.5. The lowest BCUT2D eigenvalue weighted by Crippen LogP contribution is -2.39. The van der Waals surface area contributed by atoms with E-state index in [0.717, 1.165) is 43.1 Å². The smallest absolute Gasteiger partial charge is 0.291 e. The lowest BCUT2D eigenvalue weighted by Gasteiger charge is -2.16. The second-order valence-electron chi connectivity index (χ2n) is 6.39. The van der Waals surface area contributed by atoms with Crippen molar-refractivity contribution in [2.45, 2.75) is 40.2 Å². The van der Waals surface area contributed by atoms with Gasteiger partial charge in [-0.25, -0.2) is 4.99 Å². The molecule has 0 atom stereocenters. The molecule has 0 unspecified atom stereocenters. The molecule has 1 aromatic heterocycles. The van der Waals surface area contributed by atoms with Gasteiger partial charge in [0, 0.05) is 18.8 Å². The van der Waals surface area contributed by atoms with Crippen LogP contribution >= 0.6 is 0 Å². The molecular formula is C21H30N4O2. The number of nitrogens with one attached hydrogen (secondary N) is 3. The van der Waals surface area contributed by atoms with Gasteiger partial charge in [-0.05, 0) is 42.7 Å². The highest BCUT2D eigenvalue weighted by Crippen LogP contribution is 2.13. The van der Waals surface area contributed by atoms with E-state index in [2.05, 4.69) is 41.7 Å². The average Bonchev–Trinajstić information content (AvgIpc) is 3.22. The van der Waals surface area contributed by atoms with Crippen LogP contribution in [0, 0.1) is 5.92 Å². The van der Waals surface area contributed by atoms with Crippen molar-refractivity contribution >= 4 is 17.6 Å². The summed E-state index contributed by atoms with van der Waals surface area (Å²) in [6, 6.07) is 11.0. The normalized spacial score (nSPS) is 11.5. The van der Waals surface area contributed by atoms with Crippen LogP contribution in [0.5, 0.6) is 0 Å². The molecule has 0 radical (unpaired) electrons. The number of guanidine groups is 1. The van der Waals surface area contributed by atoms with Gasteiger partial charge in [-0.2, -0.15) is 0 Å². The van der Waals surface area contributed by atoms with E-state index in [0.29, 0.717) is 18.2 Å². The molecule has 0 saturated carbocycles. The largest absolute Gasteiger partial charge is 0.459 e. The van der Waals surface area contributed by atoms with Gasteiger partial charge in [0.15, 0.2) is 11.7 Å². The summed E-state index contributed by atoms with van der Waals surface area (Å²) >= 11 is 0. The van der Waals surface area contributed by atoms with Crippen molar-refractivity contribution in [3.05, 3.63) is 54.0 Å². The fourth-order valence-corrected chi connectivity index (χ4v) is 2.68. The van der Waals surface area contributed by atoms with Crippen LogP contribution in [-0.2, 0) is 6.54 Å². The first-order valence-corrected chi connectivity index (χ1v) is 9.62. The van der Waals surface area contributed by atoms with Crippen molar-refractivity contribution in [3.8, 4) is 0 Å². The summed E-state index contributed by atoms with van der Waals surface area (Å²) in [7, 11) is 0. The summed E-state index contributed by atoms with van der Waals surface area (Å²) in [4.78, 5) is 16.7. The summed E-state index contributed by atoms with van der Waals surface area (Å²) in [5.41, 5.74) is 1.74. The molecule has 0 saturated heterocycles. The van der Waals surface area contributed by atoms with E-state index in [9.17, 15) is 4.79 Å². The molecule has 1 amide bonds. The third-order valence-corrected chi connectivity index (χ3v) is 4.41. The standard InChI is InChI=1S/C21H30N4O2/c1-4-16(5-2)14-23-21(22-6-3)24-15-17-9-7-10-18(13-17)25-20(26)19-11-8-12-27-19/h7-13,16H,4-6,14-15H2,1-3H3,(H,25,26)(H2,22,23,24). The lowest BCUT2D eigenvalue weighted by atomic mass is 10.0. The van der Waals surface area contributed by atoms with Crippen LogP contribution < -0.4 is 16.0 Å². The first kappa shape index (κ1) is 20.6. The number of carbonyl (C=O) groups excluding carboxylic acids is 1. The van der Waals surface area contributed by atoms with Crippen molar-refractivity contribution in [2.24, 2.45) is 10.9 Å². The number of nitrogens with zero attached hydrogens (tertiary/aromatic N) is 1. The molecule has 6 nitrogen and oxygen atoms in total. The first-order valence-electron chi connectivity index (χ1n) is 9.62. The summed E-state index contributed by atoms with van der Waals surface area (Å²) < 4.78 is 5.12. The number of anilines is 1. The molecule has 2 rings (SSSR count). The van der Waals surface area contributed by atoms with Gasteiger partial charge in [-0.1, -0.05) is 38.8 Å². The van der Waals surface area contributed by atoms with Crippen molar-refractivity contribution in [1.29, 1.82) is 0 Å². The number of amides is 1. The number of furan rings is 1. The molecule has 0 aliphatic carbocycles. The van der Waals surface area contributed by atoms with Crippen LogP contribution in [-0.4, -0.2) is 25.0 Å². The van der Waals surface area contributed by atoms with Gasteiger partial charge in [-0.15, -0.1) is 0 Å². The van der Waals surface area contributed by atoms with Gasteiger partial charge in [0.2, 0.25) is 0 Å². The Bertz CT molecular complexity index is 722. The second kappa shape index (κ2) is 11.1. The van der Waals surface area contributed by atoms with Crippen molar-refractivity contribution in [3.63, 3.8) is 0 Å². The molecule has 146 valence electrons. The number of benzene rings is 1. The molecule has 0 fully saturated rings. The summed E-state index contributed by atoms with van der Waals surface area (Å²) in [5.74, 6) is 1.49. The van der Waals surface area contributed by atoms with Gasteiger partial charge in [-0.3, -0.25) is 4.79 Å². The molecule has 0 bridgehead atoms. The van der Waals surface area contributed by atoms with Gasteiger partial charge in [0.05, 0.1) is 12.8 Å². The zero-order valence-electron chi connectivity index (χ0n) is 16.4. The number of aliphatic imine (C=N–C) groups is 1. The van der Waals surface area contributed by atoms with E-state index in [1.807, 2.05) is 24.3 Å². The van der Waals surface area contributed by atoms with Gasteiger partial charge in [0.1, 0.15) is 0 Å². The fourth-order valence-electron chi connectivity index (χ4n) is 2.68. The Balaban J connectivity index is 1.97. The Morgan fingerprint density at radius 2 is 1.93 bits per heavy atom. The molecule has 3 N–H and O–H groups in total. The fraction of sp³-hybridized carbons (Fsp3) is 0.429. The van der Waals surface area contributed by atoms with E-state index >= 15 is 0 Å². The van der Waals surface area contributed by atoms with Crippen LogP contribution in [0.3, 0.4) is 0 Å². The predicted octanol–water partition coefficient (Wildman–Crippen LogP) is 4.02. The lowest BCUT2D eigenvalue weighted by molar-refractivity contribution is 0.0996. The molecule has 0 aliphatic heterocycles. The van der Waals surface area contributed by atoms with Gasteiger partial charge in [0.25, 0.3) is 5.91 Å². The predicted molar refractivity (Wildman–Crippen MR) is 110 cm³/mol. The van der Waals surface area contributed by atoms with Crippen LogP contribution in [0.4, 0.5) is 5.69 Å². The summed E-state index contributed by atoms with van der Waals surface area (Å²) in [6.07, 6.45) is 3.79. The molecule has 6 heteroatoms. The third kappa shape index (κ3) is 6.81. The number of hydrogen-bond donors (Lipinski definition) is 3. The SMILES string of the molecule is CCNC(=NCc1cccc(NC(=O)c2ccco2)c1)NCC(CC)CC. The topological polar surface area (TPSA) is 78.7 Å². The monoisotopic (exact) mass is 370 g/mol. The maximum Gasteiger partial charge on any atom is 0.291 e. The Hall–Kier alpha value is -2.76. The van der Waals surface area contributed by atoms with Crippen LogP contribution in [0.25, 0.3) is 0 Å². The molecule has 0 aliphatic rings. The Morgan fingerprint density at radius 3 is 2.59 bits per heavy atom. The minimum Gasteiger partial charge on any atom is -0.459 e. The minimum atomic E-state index is -0.263. The van der Waals surface area contributed by atoms with Crippen LogP contribution in [0.2, 0.25) is 0 Å². The number of hydrogen-bond acceptors (Lipinski definition) is 3. The third-order valence-electron chi connectivity index (χ3n) is 4.41.